The number of halogens is 1. The number of amides is 2. The number of primary amides is 1. The lowest BCUT2D eigenvalue weighted by Gasteiger charge is -2.29. The molecule has 10 nitrogen and oxygen atoms in total. The minimum absolute atomic E-state index is 0.0572. The van der Waals surface area contributed by atoms with Crippen molar-refractivity contribution in [1.82, 2.24) is 20.1 Å². The van der Waals surface area contributed by atoms with Crippen LogP contribution in [0.15, 0.2) is 30.5 Å². The maximum atomic E-state index is 14.8. The molecule has 3 aromatic rings. The van der Waals surface area contributed by atoms with Crippen LogP contribution >= 0.6 is 0 Å². The molecule has 0 spiro atoms. The SMILES string of the molecule is CC(C)[C@H](Nc1nc(Nc2ccc3c(cnn3C)c2)c(C(N)=O)cc1F)[C@H](C)NC(=O)O. The molecule has 0 saturated carbocycles. The number of benzene rings is 1. The molecule has 0 aliphatic carbocycles. The van der Waals surface area contributed by atoms with E-state index in [2.05, 4.69) is 26.0 Å². The van der Waals surface area contributed by atoms with E-state index in [1.54, 1.807) is 23.9 Å². The molecular weight excluding hydrogens is 417 g/mol. The standard InChI is InChI=1S/C21H26FN7O3/c1-10(2)17(11(3)25-21(31)32)27-20-15(22)8-14(18(23)30)19(28-20)26-13-5-6-16-12(7-13)9-24-29(16)4/h5-11,17,25H,1-4H3,(H2,23,30)(H,31,32)(H2,26,27,28)/t11-,17-/m0/s1. The quantitative estimate of drug-likeness (QED) is 0.359. The zero-order valence-electron chi connectivity index (χ0n) is 18.2. The summed E-state index contributed by atoms with van der Waals surface area (Å²) in [4.78, 5) is 27.2. The first-order valence-electron chi connectivity index (χ1n) is 10.0. The van der Waals surface area contributed by atoms with Gasteiger partial charge in [0.1, 0.15) is 5.82 Å². The lowest BCUT2D eigenvalue weighted by atomic mass is 9.97. The van der Waals surface area contributed by atoms with Crippen LogP contribution in [0.5, 0.6) is 0 Å². The van der Waals surface area contributed by atoms with Crippen LogP contribution in [0.1, 0.15) is 31.1 Å². The van der Waals surface area contributed by atoms with Gasteiger partial charge in [0.2, 0.25) is 0 Å². The fourth-order valence-corrected chi connectivity index (χ4v) is 3.56. The van der Waals surface area contributed by atoms with Gasteiger partial charge in [0.05, 0.1) is 17.3 Å². The van der Waals surface area contributed by atoms with Crippen LogP contribution in [0, 0.1) is 11.7 Å². The highest BCUT2D eigenvalue weighted by atomic mass is 19.1. The third-order valence-corrected chi connectivity index (χ3v) is 5.16. The highest BCUT2D eigenvalue weighted by molar-refractivity contribution is 5.99. The number of carbonyl (C=O) groups is 2. The van der Waals surface area contributed by atoms with Crippen LogP contribution in [-0.2, 0) is 7.05 Å². The molecule has 6 N–H and O–H groups in total. The van der Waals surface area contributed by atoms with E-state index in [9.17, 15) is 14.0 Å². The summed E-state index contributed by atoms with van der Waals surface area (Å²) in [6.07, 6.45) is 0.514. The van der Waals surface area contributed by atoms with Crippen molar-refractivity contribution < 1.29 is 19.1 Å². The normalized spacial score (nSPS) is 13.1. The van der Waals surface area contributed by atoms with E-state index in [1.807, 2.05) is 33.0 Å². The smallest absolute Gasteiger partial charge is 0.404 e. The molecule has 2 amide bonds. The number of hydrogen-bond donors (Lipinski definition) is 5. The van der Waals surface area contributed by atoms with Gasteiger partial charge >= 0.3 is 6.09 Å². The number of carboxylic acid groups (broad SMARTS) is 1. The van der Waals surface area contributed by atoms with Crippen LogP contribution in [0.2, 0.25) is 0 Å². The molecule has 11 heteroatoms. The molecule has 0 bridgehead atoms. The first-order valence-corrected chi connectivity index (χ1v) is 10.0. The third-order valence-electron chi connectivity index (χ3n) is 5.16. The molecule has 0 saturated heterocycles. The molecule has 2 aromatic heterocycles. The summed E-state index contributed by atoms with van der Waals surface area (Å²) < 4.78 is 16.5. The molecular formula is C21H26FN7O3. The first-order chi connectivity index (χ1) is 15.1. The number of nitrogens with zero attached hydrogens (tertiary/aromatic N) is 3. The highest BCUT2D eigenvalue weighted by Gasteiger charge is 2.25. The molecule has 32 heavy (non-hydrogen) atoms. The number of anilines is 3. The van der Waals surface area contributed by atoms with Crippen molar-refractivity contribution in [2.75, 3.05) is 10.6 Å². The number of nitrogens with one attached hydrogen (secondary N) is 3. The highest BCUT2D eigenvalue weighted by Crippen LogP contribution is 2.27. The molecule has 1 aromatic carbocycles. The lowest BCUT2D eigenvalue weighted by molar-refractivity contribution is 0.1000. The van der Waals surface area contributed by atoms with Gasteiger partial charge in [-0.2, -0.15) is 5.10 Å². The van der Waals surface area contributed by atoms with E-state index in [1.165, 1.54) is 0 Å². The Hall–Kier alpha value is -3.89. The van der Waals surface area contributed by atoms with Gasteiger partial charge in [-0.3, -0.25) is 9.48 Å². The first kappa shape index (κ1) is 22.8. The summed E-state index contributed by atoms with van der Waals surface area (Å²) in [5.41, 5.74) is 6.85. The van der Waals surface area contributed by atoms with E-state index in [0.717, 1.165) is 17.0 Å². The second-order valence-corrected chi connectivity index (χ2v) is 7.90. The Bertz CT molecular complexity index is 1160. The Labute approximate surface area is 184 Å². The van der Waals surface area contributed by atoms with Crippen LogP contribution in [0.3, 0.4) is 0 Å². The molecule has 0 aliphatic heterocycles. The number of hydrogen-bond acceptors (Lipinski definition) is 6. The van der Waals surface area contributed by atoms with Gasteiger partial charge in [0.25, 0.3) is 5.91 Å². The summed E-state index contributed by atoms with van der Waals surface area (Å²) in [6, 6.07) is 5.46. The Morgan fingerprint density at radius 2 is 1.91 bits per heavy atom. The number of pyridine rings is 1. The zero-order valence-corrected chi connectivity index (χ0v) is 18.2. The number of aryl methyl sites for hydroxylation is 1. The number of rotatable bonds is 8. The Balaban J connectivity index is 1.96. The predicted molar refractivity (Wildman–Crippen MR) is 120 cm³/mol. The summed E-state index contributed by atoms with van der Waals surface area (Å²) >= 11 is 0. The largest absolute Gasteiger partial charge is 0.465 e. The maximum Gasteiger partial charge on any atom is 0.404 e. The molecule has 3 rings (SSSR count). The van der Waals surface area contributed by atoms with Crippen molar-refractivity contribution in [3.8, 4) is 0 Å². The topological polar surface area (TPSA) is 147 Å². The predicted octanol–water partition coefficient (Wildman–Crippen LogP) is 3.04. The van der Waals surface area contributed by atoms with Crippen molar-refractivity contribution in [3.63, 3.8) is 0 Å². The number of nitrogens with two attached hydrogens (primary N) is 1. The molecule has 0 fully saturated rings. The van der Waals surface area contributed by atoms with Crippen LogP contribution < -0.4 is 21.7 Å². The Kier molecular flexibility index (Phi) is 6.47. The number of carbonyl (C=O) groups excluding carboxylic acids is 1. The number of fused-ring (bicyclic) bond motifs is 1. The molecule has 0 aliphatic rings. The fraction of sp³-hybridized carbons (Fsp3) is 0.333. The van der Waals surface area contributed by atoms with Gasteiger partial charge in [-0.15, -0.1) is 0 Å². The van der Waals surface area contributed by atoms with E-state index in [0.29, 0.717) is 5.69 Å². The second-order valence-electron chi connectivity index (χ2n) is 7.90. The van der Waals surface area contributed by atoms with Crippen LogP contribution in [0.25, 0.3) is 10.9 Å². The van der Waals surface area contributed by atoms with Gasteiger partial charge in [-0.05, 0) is 37.1 Å². The van der Waals surface area contributed by atoms with Gasteiger partial charge < -0.3 is 26.8 Å². The van der Waals surface area contributed by atoms with E-state index in [4.69, 9.17) is 10.8 Å². The lowest BCUT2D eigenvalue weighted by Crippen LogP contribution is -2.47. The molecule has 170 valence electrons. The molecule has 2 atom stereocenters. The minimum Gasteiger partial charge on any atom is -0.465 e. The second kappa shape index (κ2) is 9.08. The number of aromatic nitrogens is 3. The average Bonchev–Trinajstić information content (AvgIpc) is 3.07. The van der Waals surface area contributed by atoms with E-state index in [-0.39, 0.29) is 23.1 Å². The molecule has 2 heterocycles. The average molecular weight is 443 g/mol. The van der Waals surface area contributed by atoms with Crippen LogP contribution in [-0.4, -0.2) is 44.0 Å². The van der Waals surface area contributed by atoms with Crippen molar-refractivity contribution >= 4 is 40.2 Å². The van der Waals surface area contributed by atoms with Crippen LogP contribution in [0.4, 0.5) is 26.5 Å². The third kappa shape index (κ3) is 4.88. The summed E-state index contributed by atoms with van der Waals surface area (Å²) in [6.45, 7) is 5.41. The van der Waals surface area contributed by atoms with Gasteiger partial charge in [-0.25, -0.2) is 14.2 Å². The van der Waals surface area contributed by atoms with Crippen molar-refractivity contribution in [3.05, 3.63) is 41.8 Å². The maximum absolute atomic E-state index is 14.8. The van der Waals surface area contributed by atoms with Crippen molar-refractivity contribution in [2.45, 2.75) is 32.9 Å². The molecule has 0 unspecified atom stereocenters. The summed E-state index contributed by atoms with van der Waals surface area (Å²) in [5, 5.41) is 22.4. The minimum atomic E-state index is -1.18. The summed E-state index contributed by atoms with van der Waals surface area (Å²) in [7, 11) is 1.82. The fourth-order valence-electron chi connectivity index (χ4n) is 3.56. The van der Waals surface area contributed by atoms with E-state index >= 15 is 0 Å². The molecule has 0 radical (unpaired) electrons. The van der Waals surface area contributed by atoms with Crippen molar-refractivity contribution in [2.24, 2.45) is 18.7 Å². The monoisotopic (exact) mass is 443 g/mol. The van der Waals surface area contributed by atoms with E-state index < -0.39 is 29.9 Å². The van der Waals surface area contributed by atoms with Gasteiger partial charge in [0, 0.05) is 30.2 Å². The van der Waals surface area contributed by atoms with Gasteiger partial charge in [0.15, 0.2) is 11.6 Å². The Morgan fingerprint density at radius 1 is 1.19 bits per heavy atom. The van der Waals surface area contributed by atoms with Crippen molar-refractivity contribution in [1.29, 1.82) is 0 Å². The Morgan fingerprint density at radius 3 is 2.53 bits per heavy atom. The summed E-state index contributed by atoms with van der Waals surface area (Å²) in [5.74, 6) is -1.73. The zero-order chi connectivity index (χ0) is 23.6. The van der Waals surface area contributed by atoms with Gasteiger partial charge in [-0.1, -0.05) is 13.8 Å².